The van der Waals surface area contributed by atoms with E-state index >= 15 is 0 Å². The maximum absolute atomic E-state index is 12.4. The molecule has 0 saturated carbocycles. The number of benzene rings is 2. The van der Waals surface area contributed by atoms with Gasteiger partial charge in [-0.3, -0.25) is 9.69 Å². The zero-order valence-electron chi connectivity index (χ0n) is 16.2. The van der Waals surface area contributed by atoms with Gasteiger partial charge in [0.2, 0.25) is 0 Å². The van der Waals surface area contributed by atoms with Crippen LogP contribution >= 0.6 is 0 Å². The van der Waals surface area contributed by atoms with E-state index in [0.29, 0.717) is 6.61 Å². The van der Waals surface area contributed by atoms with E-state index in [1.54, 1.807) is 0 Å². The van der Waals surface area contributed by atoms with Crippen molar-refractivity contribution in [3.63, 3.8) is 0 Å². The zero-order chi connectivity index (χ0) is 19.1. The topological polar surface area (TPSA) is 42.0 Å². The van der Waals surface area contributed by atoms with Crippen molar-refractivity contribution >= 4 is 5.91 Å². The van der Waals surface area contributed by atoms with E-state index in [2.05, 4.69) is 17.0 Å². The highest BCUT2D eigenvalue weighted by atomic mass is 16.5. The molecule has 1 saturated heterocycles. The highest BCUT2D eigenvalue weighted by molar-refractivity contribution is 5.78. The molecule has 3 rings (SSSR count). The smallest absolute Gasteiger partial charge is 0.260 e. The molecule has 1 aliphatic heterocycles. The van der Waals surface area contributed by atoms with Gasteiger partial charge in [0.25, 0.3) is 5.91 Å². The standard InChI is InChI=1S/C22H28N2O3/c1-3-26-20-10-8-19(9-11-20)16-23-12-14-24(15-13-23)22(25)17-27-21-7-5-4-6-18(21)2/h4-11H,3,12-17H2,1-2H3. The van der Waals surface area contributed by atoms with Crippen LogP contribution < -0.4 is 9.47 Å². The first kappa shape index (κ1) is 19.2. The Morgan fingerprint density at radius 1 is 0.963 bits per heavy atom. The highest BCUT2D eigenvalue weighted by Gasteiger charge is 2.21. The minimum absolute atomic E-state index is 0.0546. The molecule has 2 aromatic rings. The van der Waals surface area contributed by atoms with Gasteiger partial charge in [-0.1, -0.05) is 30.3 Å². The summed E-state index contributed by atoms with van der Waals surface area (Å²) in [6.07, 6.45) is 0. The summed E-state index contributed by atoms with van der Waals surface area (Å²) in [5, 5.41) is 0. The number of aryl methyl sites for hydroxylation is 1. The maximum Gasteiger partial charge on any atom is 0.260 e. The van der Waals surface area contributed by atoms with Gasteiger partial charge in [0, 0.05) is 32.7 Å². The summed E-state index contributed by atoms with van der Waals surface area (Å²) in [5.74, 6) is 1.74. The summed E-state index contributed by atoms with van der Waals surface area (Å²) in [7, 11) is 0. The molecule has 0 N–H and O–H groups in total. The summed E-state index contributed by atoms with van der Waals surface area (Å²) in [6.45, 7) is 8.90. The average Bonchev–Trinajstić information content (AvgIpc) is 2.69. The Bertz CT molecular complexity index is 737. The zero-order valence-corrected chi connectivity index (χ0v) is 16.2. The van der Waals surface area contributed by atoms with Crippen molar-refractivity contribution in [2.75, 3.05) is 39.4 Å². The average molecular weight is 368 g/mol. The fourth-order valence-electron chi connectivity index (χ4n) is 3.22. The lowest BCUT2D eigenvalue weighted by Crippen LogP contribution is -2.49. The van der Waals surface area contributed by atoms with Crippen LogP contribution in [0, 0.1) is 6.92 Å². The molecule has 27 heavy (non-hydrogen) atoms. The van der Waals surface area contributed by atoms with Crippen LogP contribution in [0.25, 0.3) is 0 Å². The number of rotatable bonds is 7. The summed E-state index contributed by atoms with van der Waals surface area (Å²) in [5.41, 5.74) is 2.31. The van der Waals surface area contributed by atoms with Gasteiger partial charge in [-0.05, 0) is 43.2 Å². The first-order valence-corrected chi connectivity index (χ1v) is 9.56. The Morgan fingerprint density at radius 3 is 2.33 bits per heavy atom. The minimum atomic E-state index is 0.0546. The van der Waals surface area contributed by atoms with E-state index in [1.165, 1.54) is 5.56 Å². The largest absolute Gasteiger partial charge is 0.494 e. The molecular weight excluding hydrogens is 340 g/mol. The van der Waals surface area contributed by atoms with E-state index in [-0.39, 0.29) is 12.5 Å². The van der Waals surface area contributed by atoms with Crippen molar-refractivity contribution in [3.05, 3.63) is 59.7 Å². The van der Waals surface area contributed by atoms with Crippen LogP contribution in [-0.4, -0.2) is 55.1 Å². The number of amides is 1. The number of hydrogen-bond acceptors (Lipinski definition) is 4. The lowest BCUT2D eigenvalue weighted by atomic mass is 10.2. The van der Waals surface area contributed by atoms with Crippen LogP contribution in [0.2, 0.25) is 0 Å². The number of carbonyl (C=O) groups excluding carboxylic acids is 1. The molecule has 0 spiro atoms. The van der Waals surface area contributed by atoms with Crippen LogP contribution in [0.3, 0.4) is 0 Å². The second-order valence-electron chi connectivity index (χ2n) is 6.79. The van der Waals surface area contributed by atoms with E-state index < -0.39 is 0 Å². The molecule has 5 heteroatoms. The van der Waals surface area contributed by atoms with Crippen LogP contribution in [0.1, 0.15) is 18.1 Å². The van der Waals surface area contributed by atoms with Gasteiger partial charge in [-0.15, -0.1) is 0 Å². The van der Waals surface area contributed by atoms with Gasteiger partial charge in [-0.2, -0.15) is 0 Å². The Morgan fingerprint density at radius 2 is 1.67 bits per heavy atom. The van der Waals surface area contributed by atoms with Gasteiger partial charge < -0.3 is 14.4 Å². The summed E-state index contributed by atoms with van der Waals surface area (Å²) >= 11 is 0. The van der Waals surface area contributed by atoms with E-state index in [9.17, 15) is 4.79 Å². The van der Waals surface area contributed by atoms with Crippen molar-refractivity contribution in [1.29, 1.82) is 0 Å². The predicted octanol–water partition coefficient (Wildman–Crippen LogP) is 3.12. The number of hydrogen-bond donors (Lipinski definition) is 0. The highest BCUT2D eigenvalue weighted by Crippen LogP contribution is 2.17. The predicted molar refractivity (Wildman–Crippen MR) is 106 cm³/mol. The van der Waals surface area contributed by atoms with Gasteiger partial charge in [-0.25, -0.2) is 0 Å². The lowest BCUT2D eigenvalue weighted by molar-refractivity contribution is -0.135. The molecule has 0 aliphatic carbocycles. The maximum atomic E-state index is 12.4. The quantitative estimate of drug-likeness (QED) is 0.753. The summed E-state index contributed by atoms with van der Waals surface area (Å²) in [6, 6.07) is 16.0. The monoisotopic (exact) mass is 368 g/mol. The van der Waals surface area contributed by atoms with E-state index in [1.807, 2.05) is 55.1 Å². The summed E-state index contributed by atoms with van der Waals surface area (Å²) in [4.78, 5) is 16.7. The first-order valence-electron chi connectivity index (χ1n) is 9.56. The fourth-order valence-corrected chi connectivity index (χ4v) is 3.22. The Balaban J connectivity index is 1.42. The van der Waals surface area contributed by atoms with Crippen LogP contribution in [0.4, 0.5) is 0 Å². The van der Waals surface area contributed by atoms with Crippen molar-refractivity contribution in [1.82, 2.24) is 9.80 Å². The van der Waals surface area contributed by atoms with Gasteiger partial charge >= 0.3 is 0 Å². The number of nitrogens with zero attached hydrogens (tertiary/aromatic N) is 2. The third-order valence-corrected chi connectivity index (χ3v) is 4.81. The minimum Gasteiger partial charge on any atom is -0.494 e. The molecule has 0 aromatic heterocycles. The second-order valence-corrected chi connectivity index (χ2v) is 6.79. The van der Waals surface area contributed by atoms with Gasteiger partial charge in [0.15, 0.2) is 6.61 Å². The molecule has 1 aliphatic rings. The molecule has 1 amide bonds. The van der Waals surface area contributed by atoms with Crippen molar-refractivity contribution in [3.8, 4) is 11.5 Å². The lowest BCUT2D eigenvalue weighted by Gasteiger charge is -2.34. The molecule has 2 aromatic carbocycles. The molecule has 5 nitrogen and oxygen atoms in total. The molecule has 144 valence electrons. The molecule has 0 unspecified atom stereocenters. The van der Waals surface area contributed by atoms with Gasteiger partial charge in [0.05, 0.1) is 6.61 Å². The SMILES string of the molecule is CCOc1ccc(CN2CCN(C(=O)COc3ccccc3C)CC2)cc1. The molecule has 1 heterocycles. The van der Waals surface area contributed by atoms with Crippen LogP contribution in [-0.2, 0) is 11.3 Å². The van der Waals surface area contributed by atoms with E-state index in [4.69, 9.17) is 9.47 Å². The summed E-state index contributed by atoms with van der Waals surface area (Å²) < 4.78 is 11.2. The third-order valence-electron chi connectivity index (χ3n) is 4.81. The van der Waals surface area contributed by atoms with Crippen molar-refractivity contribution < 1.29 is 14.3 Å². The Kier molecular flexibility index (Phi) is 6.71. The Labute approximate surface area is 161 Å². The van der Waals surface area contributed by atoms with Crippen molar-refractivity contribution in [2.45, 2.75) is 20.4 Å². The molecule has 1 fully saturated rings. The van der Waals surface area contributed by atoms with Crippen molar-refractivity contribution in [2.24, 2.45) is 0 Å². The first-order chi connectivity index (χ1) is 13.2. The van der Waals surface area contributed by atoms with E-state index in [0.717, 1.165) is 49.8 Å². The van der Waals surface area contributed by atoms with Crippen LogP contribution in [0.5, 0.6) is 11.5 Å². The van der Waals surface area contributed by atoms with Gasteiger partial charge in [0.1, 0.15) is 11.5 Å². The number of para-hydroxylation sites is 1. The molecule has 0 radical (unpaired) electrons. The third kappa shape index (κ3) is 5.47. The number of ether oxygens (including phenoxy) is 2. The Hall–Kier alpha value is -2.53. The second kappa shape index (κ2) is 9.42. The normalized spacial score (nSPS) is 14.8. The number of piperazine rings is 1. The van der Waals surface area contributed by atoms with Crippen LogP contribution in [0.15, 0.2) is 48.5 Å². The molecular formula is C22H28N2O3. The fraction of sp³-hybridized carbons (Fsp3) is 0.409. The number of carbonyl (C=O) groups is 1. The molecule has 0 bridgehead atoms. The molecule has 0 atom stereocenters.